The van der Waals surface area contributed by atoms with Crippen molar-refractivity contribution in [3.8, 4) is 10.6 Å². The average Bonchev–Trinajstić information content (AvgIpc) is 3.30. The number of H-pyrrole nitrogens is 1. The van der Waals surface area contributed by atoms with Crippen LogP contribution in [0.2, 0.25) is 0 Å². The molecule has 0 saturated carbocycles. The molecule has 0 spiro atoms. The van der Waals surface area contributed by atoms with Gasteiger partial charge in [0.05, 0.1) is 17.4 Å². The zero-order valence-electron chi connectivity index (χ0n) is 13.3. The number of hydrogen-bond donors (Lipinski definition) is 2. The minimum atomic E-state index is -0.0326. The summed E-state index contributed by atoms with van der Waals surface area (Å²) in [6, 6.07) is 9.55. The minimum Gasteiger partial charge on any atom is -0.326 e. The van der Waals surface area contributed by atoms with Crippen LogP contribution in [-0.4, -0.2) is 26.1 Å². The Morgan fingerprint density at radius 2 is 2.20 bits per heavy atom. The van der Waals surface area contributed by atoms with Gasteiger partial charge < -0.3 is 5.32 Å². The maximum absolute atomic E-state index is 12.2. The first-order valence-electron chi connectivity index (χ1n) is 7.86. The Hall–Kier alpha value is -3.06. The first-order valence-corrected chi connectivity index (χ1v) is 8.74. The highest BCUT2D eigenvalue weighted by atomic mass is 32.1. The Morgan fingerprint density at radius 3 is 3.08 bits per heavy atom. The van der Waals surface area contributed by atoms with Crippen LogP contribution < -0.4 is 5.32 Å². The quantitative estimate of drug-likeness (QED) is 0.576. The number of fused-ring (bicyclic) bond motifs is 1. The lowest BCUT2D eigenvalue weighted by molar-refractivity contribution is -0.116. The van der Waals surface area contributed by atoms with Gasteiger partial charge in [-0.2, -0.15) is 5.10 Å². The third-order valence-electron chi connectivity index (χ3n) is 3.79. The van der Waals surface area contributed by atoms with Gasteiger partial charge in [0.15, 0.2) is 0 Å². The molecule has 0 aliphatic rings. The Labute approximate surface area is 148 Å². The number of hydrogen-bond acceptors (Lipinski definition) is 5. The van der Waals surface area contributed by atoms with Crippen LogP contribution in [0.25, 0.3) is 21.5 Å². The Bertz CT molecular complexity index is 1010. The molecule has 1 amide bonds. The molecule has 0 fully saturated rings. The molecule has 0 unspecified atom stereocenters. The zero-order chi connectivity index (χ0) is 17.1. The van der Waals surface area contributed by atoms with E-state index in [-0.39, 0.29) is 5.91 Å². The Kier molecular flexibility index (Phi) is 4.22. The summed E-state index contributed by atoms with van der Waals surface area (Å²) in [4.78, 5) is 20.8. The van der Waals surface area contributed by atoms with Crippen LogP contribution in [0.5, 0.6) is 0 Å². The molecule has 4 aromatic rings. The van der Waals surface area contributed by atoms with Crippen LogP contribution in [-0.2, 0) is 11.2 Å². The first kappa shape index (κ1) is 15.5. The summed E-state index contributed by atoms with van der Waals surface area (Å²) in [5.74, 6) is -0.0326. The van der Waals surface area contributed by atoms with Gasteiger partial charge >= 0.3 is 0 Å². The van der Waals surface area contributed by atoms with Gasteiger partial charge in [-0.25, -0.2) is 4.98 Å². The number of nitrogens with one attached hydrogen (secondary N) is 2. The van der Waals surface area contributed by atoms with Gasteiger partial charge in [-0.3, -0.25) is 14.9 Å². The van der Waals surface area contributed by atoms with Gasteiger partial charge in [-0.05, 0) is 36.8 Å². The van der Waals surface area contributed by atoms with Crippen molar-refractivity contribution >= 4 is 33.8 Å². The summed E-state index contributed by atoms with van der Waals surface area (Å²) in [5, 5.41) is 13.7. The van der Waals surface area contributed by atoms with E-state index >= 15 is 0 Å². The zero-order valence-corrected chi connectivity index (χ0v) is 14.1. The number of aromatic amines is 1. The van der Waals surface area contributed by atoms with Gasteiger partial charge in [0, 0.05) is 40.8 Å². The number of nitrogens with zero attached hydrogens (tertiary/aromatic N) is 3. The molecule has 4 rings (SSSR count). The van der Waals surface area contributed by atoms with Gasteiger partial charge in [0.2, 0.25) is 5.91 Å². The lowest BCUT2D eigenvalue weighted by Crippen LogP contribution is -2.12. The molecule has 0 saturated heterocycles. The third kappa shape index (κ3) is 3.56. The molecular formula is C18H15N5OS. The van der Waals surface area contributed by atoms with Crippen molar-refractivity contribution in [3.63, 3.8) is 0 Å². The van der Waals surface area contributed by atoms with Crippen molar-refractivity contribution in [2.75, 3.05) is 5.32 Å². The molecule has 0 radical (unpaired) electrons. The number of rotatable bonds is 5. The number of benzene rings is 1. The van der Waals surface area contributed by atoms with E-state index in [1.54, 1.807) is 29.9 Å². The fourth-order valence-electron chi connectivity index (χ4n) is 2.52. The fourth-order valence-corrected chi connectivity index (χ4v) is 3.37. The number of anilines is 1. The molecule has 6 nitrogen and oxygen atoms in total. The topological polar surface area (TPSA) is 83.6 Å². The molecule has 1 aromatic carbocycles. The van der Waals surface area contributed by atoms with Gasteiger partial charge in [0.1, 0.15) is 5.01 Å². The van der Waals surface area contributed by atoms with Crippen molar-refractivity contribution in [1.82, 2.24) is 20.2 Å². The second kappa shape index (κ2) is 6.82. The predicted octanol–water partition coefficient (Wildman–Crippen LogP) is 3.65. The Morgan fingerprint density at radius 1 is 1.24 bits per heavy atom. The largest absolute Gasteiger partial charge is 0.326 e. The van der Waals surface area contributed by atoms with E-state index in [0.717, 1.165) is 32.9 Å². The summed E-state index contributed by atoms with van der Waals surface area (Å²) < 4.78 is 0. The second-order valence-electron chi connectivity index (χ2n) is 5.61. The highest BCUT2D eigenvalue weighted by Gasteiger charge is 2.08. The molecule has 3 heterocycles. The van der Waals surface area contributed by atoms with Crippen LogP contribution in [0.4, 0.5) is 5.69 Å². The average molecular weight is 349 g/mol. The summed E-state index contributed by atoms with van der Waals surface area (Å²) in [5.41, 5.74) is 3.58. The number of carbonyl (C=O) groups excluding carboxylic acids is 1. The lowest BCUT2D eigenvalue weighted by Gasteiger charge is -2.04. The van der Waals surface area contributed by atoms with Gasteiger partial charge in [-0.1, -0.05) is 0 Å². The lowest BCUT2D eigenvalue weighted by atomic mass is 10.2. The highest BCUT2D eigenvalue weighted by Crippen LogP contribution is 2.23. The van der Waals surface area contributed by atoms with E-state index in [1.807, 2.05) is 35.7 Å². The van der Waals surface area contributed by atoms with Crippen molar-refractivity contribution in [1.29, 1.82) is 0 Å². The number of pyridine rings is 1. The number of thiazole rings is 1. The molecule has 0 aliphatic carbocycles. The van der Waals surface area contributed by atoms with Crippen LogP contribution >= 0.6 is 11.3 Å². The normalized spacial score (nSPS) is 10.9. The van der Waals surface area contributed by atoms with Gasteiger partial charge in [-0.15, -0.1) is 11.3 Å². The summed E-state index contributed by atoms with van der Waals surface area (Å²) in [6.45, 7) is 0. The van der Waals surface area contributed by atoms with Crippen LogP contribution in [0.1, 0.15) is 12.1 Å². The molecule has 0 aliphatic heterocycles. The number of carbonyl (C=O) groups is 1. The van der Waals surface area contributed by atoms with E-state index in [9.17, 15) is 4.79 Å². The summed E-state index contributed by atoms with van der Waals surface area (Å²) in [6.07, 6.45) is 6.28. The standard InChI is InChI=1S/C18H15N5OS/c24-17(21-14-4-3-12-10-20-23-16(12)8-14)6-5-15-11-25-18(22-15)13-2-1-7-19-9-13/h1-4,7-11H,5-6H2,(H,20,23)(H,21,24). The van der Waals surface area contributed by atoms with E-state index in [4.69, 9.17) is 0 Å². The number of amides is 1. The van der Waals surface area contributed by atoms with Crippen molar-refractivity contribution in [2.45, 2.75) is 12.8 Å². The van der Waals surface area contributed by atoms with Crippen LogP contribution in [0.15, 0.2) is 54.3 Å². The molecule has 0 atom stereocenters. The second-order valence-corrected chi connectivity index (χ2v) is 6.46. The molecule has 0 bridgehead atoms. The number of aryl methyl sites for hydroxylation is 1. The smallest absolute Gasteiger partial charge is 0.224 e. The molecule has 3 aromatic heterocycles. The molecule has 7 heteroatoms. The fraction of sp³-hybridized carbons (Fsp3) is 0.111. The maximum Gasteiger partial charge on any atom is 0.224 e. The first-order chi connectivity index (χ1) is 12.3. The van der Waals surface area contributed by atoms with Crippen molar-refractivity contribution < 1.29 is 4.79 Å². The van der Waals surface area contributed by atoms with Gasteiger partial charge in [0.25, 0.3) is 0 Å². The summed E-state index contributed by atoms with van der Waals surface area (Å²) in [7, 11) is 0. The predicted molar refractivity (Wildman–Crippen MR) is 98.4 cm³/mol. The minimum absolute atomic E-state index is 0.0326. The highest BCUT2D eigenvalue weighted by molar-refractivity contribution is 7.13. The summed E-state index contributed by atoms with van der Waals surface area (Å²) >= 11 is 1.57. The van der Waals surface area contributed by atoms with Crippen molar-refractivity contribution in [3.05, 3.63) is 60.0 Å². The van der Waals surface area contributed by atoms with E-state index in [1.165, 1.54) is 0 Å². The number of aromatic nitrogens is 4. The monoisotopic (exact) mass is 349 g/mol. The maximum atomic E-state index is 12.2. The third-order valence-corrected chi connectivity index (χ3v) is 4.73. The molecule has 25 heavy (non-hydrogen) atoms. The van der Waals surface area contributed by atoms with E-state index < -0.39 is 0 Å². The molecule has 124 valence electrons. The van der Waals surface area contributed by atoms with E-state index in [2.05, 4.69) is 25.5 Å². The van der Waals surface area contributed by atoms with Crippen LogP contribution in [0.3, 0.4) is 0 Å². The Balaban J connectivity index is 1.36. The molecular weight excluding hydrogens is 334 g/mol. The molecule has 2 N–H and O–H groups in total. The van der Waals surface area contributed by atoms with Crippen molar-refractivity contribution in [2.24, 2.45) is 0 Å². The van der Waals surface area contributed by atoms with Crippen LogP contribution in [0, 0.1) is 0 Å². The SMILES string of the molecule is O=C(CCc1csc(-c2cccnc2)n1)Nc1ccc2cn[nH]c2c1. The van der Waals surface area contributed by atoms with E-state index in [0.29, 0.717) is 12.8 Å².